The number of carbonyl (C=O) groups is 1. The molecule has 0 radical (unpaired) electrons. The molecule has 4 nitrogen and oxygen atoms in total. The van der Waals surface area contributed by atoms with Crippen LogP contribution in [0.15, 0.2) is 11.7 Å². The van der Waals surface area contributed by atoms with Crippen molar-refractivity contribution in [3.63, 3.8) is 0 Å². The maximum atomic E-state index is 11.3. The average molecular weight is 241 g/mol. The molecular formula is C11H19N3OS. The van der Waals surface area contributed by atoms with E-state index in [0.717, 1.165) is 13.0 Å². The second-order valence-electron chi connectivity index (χ2n) is 3.68. The molecule has 0 saturated carbocycles. The zero-order valence-corrected chi connectivity index (χ0v) is 10.6. The highest BCUT2D eigenvalue weighted by molar-refractivity contribution is 7.09. The van der Waals surface area contributed by atoms with Crippen LogP contribution in [0.5, 0.6) is 0 Å². The molecule has 0 aliphatic rings. The van der Waals surface area contributed by atoms with Gasteiger partial charge in [-0.15, -0.1) is 11.3 Å². The van der Waals surface area contributed by atoms with Gasteiger partial charge in [-0.3, -0.25) is 9.78 Å². The molecule has 0 aliphatic carbocycles. The Kier molecular flexibility index (Phi) is 6.03. The molecule has 1 unspecified atom stereocenters. The van der Waals surface area contributed by atoms with E-state index in [1.54, 1.807) is 11.3 Å². The largest absolute Gasteiger partial charge is 0.356 e. The van der Waals surface area contributed by atoms with Crippen molar-refractivity contribution in [2.75, 3.05) is 13.1 Å². The first-order valence-corrected chi connectivity index (χ1v) is 6.50. The molecule has 1 heterocycles. The Labute approximate surface area is 100 Å². The minimum Gasteiger partial charge on any atom is -0.356 e. The highest BCUT2D eigenvalue weighted by Crippen LogP contribution is 2.15. The lowest BCUT2D eigenvalue weighted by molar-refractivity contribution is -0.121. The maximum Gasteiger partial charge on any atom is 0.221 e. The summed E-state index contributed by atoms with van der Waals surface area (Å²) in [7, 11) is 0. The third-order valence-corrected chi connectivity index (χ3v) is 3.21. The van der Waals surface area contributed by atoms with Crippen molar-refractivity contribution in [3.05, 3.63) is 16.6 Å². The Bertz CT molecular complexity index is 300. The van der Waals surface area contributed by atoms with Crippen LogP contribution in [0.3, 0.4) is 0 Å². The number of carbonyl (C=O) groups excluding carboxylic acids is 1. The van der Waals surface area contributed by atoms with E-state index in [1.807, 2.05) is 18.6 Å². The fraction of sp³-hybridized carbons (Fsp3) is 0.636. The predicted molar refractivity (Wildman–Crippen MR) is 66.4 cm³/mol. The van der Waals surface area contributed by atoms with Gasteiger partial charge in [-0.05, 0) is 13.3 Å². The minimum atomic E-state index is 0.117. The molecule has 0 saturated heterocycles. The Balaban J connectivity index is 2.13. The van der Waals surface area contributed by atoms with Crippen molar-refractivity contribution in [2.24, 2.45) is 0 Å². The lowest BCUT2D eigenvalue weighted by atomic mass is 10.3. The second-order valence-corrected chi connectivity index (χ2v) is 4.60. The van der Waals surface area contributed by atoms with Crippen molar-refractivity contribution in [3.8, 4) is 0 Å². The molecule has 90 valence electrons. The van der Waals surface area contributed by atoms with Crippen molar-refractivity contribution >= 4 is 17.2 Å². The van der Waals surface area contributed by atoms with Crippen molar-refractivity contribution in [1.82, 2.24) is 15.6 Å². The number of amides is 1. The maximum absolute atomic E-state index is 11.3. The van der Waals surface area contributed by atoms with E-state index in [2.05, 4.69) is 22.5 Å². The Morgan fingerprint density at radius 3 is 3.00 bits per heavy atom. The summed E-state index contributed by atoms with van der Waals surface area (Å²) in [5, 5.41) is 6.15. The van der Waals surface area contributed by atoms with E-state index in [1.165, 1.54) is 4.88 Å². The summed E-state index contributed by atoms with van der Waals surface area (Å²) in [4.78, 5) is 16.5. The molecule has 0 spiro atoms. The van der Waals surface area contributed by atoms with Crippen LogP contribution in [-0.4, -0.2) is 24.0 Å². The number of nitrogens with zero attached hydrogens (tertiary/aromatic N) is 1. The first-order valence-electron chi connectivity index (χ1n) is 5.62. The second kappa shape index (κ2) is 7.35. The number of aromatic nitrogens is 1. The molecule has 1 atom stereocenters. The zero-order chi connectivity index (χ0) is 11.8. The van der Waals surface area contributed by atoms with Crippen molar-refractivity contribution < 1.29 is 4.79 Å². The van der Waals surface area contributed by atoms with Gasteiger partial charge in [0.15, 0.2) is 0 Å². The lowest BCUT2D eigenvalue weighted by Crippen LogP contribution is -2.29. The molecule has 0 fully saturated rings. The molecular weight excluding hydrogens is 222 g/mol. The number of rotatable bonds is 7. The van der Waals surface area contributed by atoms with Crippen LogP contribution < -0.4 is 10.6 Å². The van der Waals surface area contributed by atoms with Gasteiger partial charge < -0.3 is 10.6 Å². The summed E-state index contributed by atoms with van der Waals surface area (Å²) in [6.45, 7) is 5.60. The van der Waals surface area contributed by atoms with Gasteiger partial charge in [0.05, 0.1) is 5.51 Å². The standard InChI is InChI=1S/C11H19N3OS/c1-3-5-14-11(15)4-6-13-9(2)10-7-12-8-16-10/h7-9,13H,3-6H2,1-2H3,(H,14,15). The number of hydrogen-bond donors (Lipinski definition) is 2. The van der Waals surface area contributed by atoms with Gasteiger partial charge in [-0.25, -0.2) is 0 Å². The average Bonchev–Trinajstić information content (AvgIpc) is 2.79. The van der Waals surface area contributed by atoms with Crippen molar-refractivity contribution in [2.45, 2.75) is 32.7 Å². The first-order chi connectivity index (χ1) is 7.74. The molecule has 16 heavy (non-hydrogen) atoms. The SMILES string of the molecule is CCCNC(=O)CCNC(C)c1cncs1. The molecule has 0 aromatic carbocycles. The number of thiazole rings is 1. The monoisotopic (exact) mass is 241 g/mol. The van der Waals surface area contributed by atoms with Crippen LogP contribution in [0.2, 0.25) is 0 Å². The topological polar surface area (TPSA) is 54.0 Å². The molecule has 0 bridgehead atoms. The van der Waals surface area contributed by atoms with Gasteiger partial charge >= 0.3 is 0 Å². The van der Waals surface area contributed by atoms with Crippen LogP contribution in [-0.2, 0) is 4.79 Å². The Morgan fingerprint density at radius 1 is 1.56 bits per heavy atom. The summed E-state index contributed by atoms with van der Waals surface area (Å²) in [5.41, 5.74) is 1.82. The van der Waals surface area contributed by atoms with Crippen LogP contribution in [0.25, 0.3) is 0 Å². The molecule has 1 aromatic heterocycles. The van der Waals surface area contributed by atoms with Crippen LogP contribution >= 0.6 is 11.3 Å². The number of nitrogens with one attached hydrogen (secondary N) is 2. The Morgan fingerprint density at radius 2 is 2.38 bits per heavy atom. The summed E-state index contributed by atoms with van der Waals surface area (Å²) in [6, 6.07) is 0.270. The van der Waals surface area contributed by atoms with Gasteiger partial charge in [0, 0.05) is 36.6 Å². The Hall–Kier alpha value is -0.940. The summed E-state index contributed by atoms with van der Waals surface area (Å²) < 4.78 is 0. The summed E-state index contributed by atoms with van der Waals surface area (Å²) in [6.07, 6.45) is 3.37. The van der Waals surface area contributed by atoms with Gasteiger partial charge in [0.2, 0.25) is 5.91 Å². The van der Waals surface area contributed by atoms with E-state index >= 15 is 0 Å². The molecule has 1 rings (SSSR count). The highest BCUT2D eigenvalue weighted by atomic mass is 32.1. The number of hydrogen-bond acceptors (Lipinski definition) is 4. The summed E-state index contributed by atoms with van der Waals surface area (Å²) in [5.74, 6) is 0.117. The zero-order valence-electron chi connectivity index (χ0n) is 9.82. The molecule has 0 aliphatic heterocycles. The van der Waals surface area contributed by atoms with E-state index in [9.17, 15) is 4.79 Å². The van der Waals surface area contributed by atoms with Gasteiger partial charge in [0.1, 0.15) is 0 Å². The van der Waals surface area contributed by atoms with Gasteiger partial charge in [-0.1, -0.05) is 6.92 Å². The third kappa shape index (κ3) is 4.72. The van der Waals surface area contributed by atoms with E-state index in [-0.39, 0.29) is 11.9 Å². The fourth-order valence-corrected chi connectivity index (χ4v) is 1.95. The minimum absolute atomic E-state index is 0.117. The lowest BCUT2D eigenvalue weighted by Gasteiger charge is -2.11. The van der Waals surface area contributed by atoms with Crippen LogP contribution in [0.4, 0.5) is 0 Å². The normalized spacial score (nSPS) is 12.4. The molecule has 2 N–H and O–H groups in total. The van der Waals surface area contributed by atoms with Gasteiger partial charge in [0.25, 0.3) is 0 Å². The smallest absolute Gasteiger partial charge is 0.221 e. The quantitative estimate of drug-likeness (QED) is 0.764. The van der Waals surface area contributed by atoms with Crippen molar-refractivity contribution in [1.29, 1.82) is 0 Å². The highest BCUT2D eigenvalue weighted by Gasteiger charge is 2.06. The fourth-order valence-electron chi connectivity index (χ4n) is 1.30. The van der Waals surface area contributed by atoms with Gasteiger partial charge in [-0.2, -0.15) is 0 Å². The molecule has 1 aromatic rings. The summed E-state index contributed by atoms with van der Waals surface area (Å²) >= 11 is 1.63. The molecule has 5 heteroatoms. The van der Waals surface area contributed by atoms with E-state index in [4.69, 9.17) is 0 Å². The van der Waals surface area contributed by atoms with Crippen LogP contribution in [0, 0.1) is 0 Å². The predicted octanol–water partition coefficient (Wildman–Crippen LogP) is 1.71. The molecule has 1 amide bonds. The third-order valence-electron chi connectivity index (χ3n) is 2.25. The van der Waals surface area contributed by atoms with E-state index < -0.39 is 0 Å². The van der Waals surface area contributed by atoms with Crippen LogP contribution in [0.1, 0.15) is 37.6 Å². The van der Waals surface area contributed by atoms with E-state index in [0.29, 0.717) is 13.0 Å². The first kappa shape index (κ1) is 13.1.